The standard InChI is InChI=1S/C13H12O3S/c1-17(15,16)13-9-11(14)7-8-12(13)10-5-3-2-4-6-10/h2-9,14H,1H3. The van der Waals surface area contributed by atoms with E-state index in [-0.39, 0.29) is 10.6 Å². The highest BCUT2D eigenvalue weighted by Gasteiger charge is 2.15. The largest absolute Gasteiger partial charge is 0.508 e. The summed E-state index contributed by atoms with van der Waals surface area (Å²) in [6.07, 6.45) is 1.13. The topological polar surface area (TPSA) is 54.4 Å². The molecule has 17 heavy (non-hydrogen) atoms. The molecule has 0 aliphatic heterocycles. The quantitative estimate of drug-likeness (QED) is 0.888. The van der Waals surface area contributed by atoms with Crippen molar-refractivity contribution in [3.8, 4) is 16.9 Å². The normalized spacial score (nSPS) is 11.4. The first kappa shape index (κ1) is 11.7. The molecule has 0 bridgehead atoms. The summed E-state index contributed by atoms with van der Waals surface area (Å²) in [4.78, 5) is 0.142. The average Bonchev–Trinajstić information content (AvgIpc) is 2.29. The third-order valence-corrected chi connectivity index (χ3v) is 3.59. The van der Waals surface area contributed by atoms with E-state index in [1.165, 1.54) is 12.1 Å². The van der Waals surface area contributed by atoms with E-state index in [4.69, 9.17) is 0 Å². The number of hydrogen-bond donors (Lipinski definition) is 1. The summed E-state index contributed by atoms with van der Waals surface area (Å²) in [6.45, 7) is 0. The van der Waals surface area contributed by atoms with Crippen molar-refractivity contribution in [1.82, 2.24) is 0 Å². The lowest BCUT2D eigenvalue weighted by molar-refractivity contribution is 0.473. The molecule has 0 saturated heterocycles. The van der Waals surface area contributed by atoms with Gasteiger partial charge >= 0.3 is 0 Å². The Morgan fingerprint density at radius 1 is 1.00 bits per heavy atom. The van der Waals surface area contributed by atoms with Gasteiger partial charge in [0.15, 0.2) is 9.84 Å². The molecular weight excluding hydrogens is 236 g/mol. The second kappa shape index (κ2) is 4.22. The maximum Gasteiger partial charge on any atom is 0.176 e. The van der Waals surface area contributed by atoms with Crippen molar-refractivity contribution < 1.29 is 13.5 Å². The van der Waals surface area contributed by atoms with Crippen molar-refractivity contribution >= 4 is 9.84 Å². The van der Waals surface area contributed by atoms with Gasteiger partial charge in [0.05, 0.1) is 4.90 Å². The summed E-state index contributed by atoms with van der Waals surface area (Å²) >= 11 is 0. The molecular formula is C13H12O3S. The lowest BCUT2D eigenvalue weighted by atomic mass is 10.1. The van der Waals surface area contributed by atoms with Crippen LogP contribution < -0.4 is 0 Å². The van der Waals surface area contributed by atoms with Crippen LogP contribution in [-0.2, 0) is 9.84 Å². The number of benzene rings is 2. The van der Waals surface area contributed by atoms with Crippen LogP contribution in [0.1, 0.15) is 0 Å². The minimum Gasteiger partial charge on any atom is -0.508 e. The van der Waals surface area contributed by atoms with Crippen LogP contribution >= 0.6 is 0 Å². The summed E-state index contributed by atoms with van der Waals surface area (Å²) in [5, 5.41) is 9.38. The van der Waals surface area contributed by atoms with Gasteiger partial charge in [-0.1, -0.05) is 30.3 Å². The number of rotatable bonds is 2. The van der Waals surface area contributed by atoms with E-state index < -0.39 is 9.84 Å². The number of phenolic OH excluding ortho intramolecular Hbond substituents is 1. The molecule has 4 heteroatoms. The molecule has 0 unspecified atom stereocenters. The van der Waals surface area contributed by atoms with Gasteiger partial charge in [-0.05, 0) is 23.8 Å². The Morgan fingerprint density at radius 3 is 2.24 bits per heavy atom. The van der Waals surface area contributed by atoms with Crippen LogP contribution in [-0.4, -0.2) is 19.8 Å². The van der Waals surface area contributed by atoms with Gasteiger partial charge in [-0.25, -0.2) is 8.42 Å². The van der Waals surface area contributed by atoms with E-state index in [1.54, 1.807) is 6.07 Å². The van der Waals surface area contributed by atoms with E-state index in [9.17, 15) is 13.5 Å². The molecule has 0 aliphatic carbocycles. The Hall–Kier alpha value is -1.81. The smallest absolute Gasteiger partial charge is 0.176 e. The summed E-state index contributed by atoms with van der Waals surface area (Å²) in [6, 6.07) is 13.6. The van der Waals surface area contributed by atoms with Gasteiger partial charge in [0.25, 0.3) is 0 Å². The Balaban J connectivity index is 2.71. The van der Waals surface area contributed by atoms with E-state index in [1.807, 2.05) is 30.3 Å². The number of sulfone groups is 1. The van der Waals surface area contributed by atoms with Crippen LogP contribution in [0.3, 0.4) is 0 Å². The van der Waals surface area contributed by atoms with Crippen LogP contribution in [0.4, 0.5) is 0 Å². The SMILES string of the molecule is CS(=O)(=O)c1cc(O)ccc1-c1ccccc1. The molecule has 1 N–H and O–H groups in total. The molecule has 0 fully saturated rings. The molecule has 2 aromatic carbocycles. The maximum absolute atomic E-state index is 11.7. The number of aromatic hydroxyl groups is 1. The predicted octanol–water partition coefficient (Wildman–Crippen LogP) is 2.46. The lowest BCUT2D eigenvalue weighted by Crippen LogP contribution is -1.99. The fraction of sp³-hybridized carbons (Fsp3) is 0.0769. The minimum absolute atomic E-state index is 0.0508. The van der Waals surface area contributed by atoms with Crippen molar-refractivity contribution in [2.75, 3.05) is 6.26 Å². The van der Waals surface area contributed by atoms with Crippen molar-refractivity contribution in [2.45, 2.75) is 4.90 Å². The van der Waals surface area contributed by atoms with E-state index in [2.05, 4.69) is 0 Å². The summed E-state index contributed by atoms with van der Waals surface area (Å²) in [5.41, 5.74) is 1.42. The van der Waals surface area contributed by atoms with Crippen molar-refractivity contribution in [3.63, 3.8) is 0 Å². The van der Waals surface area contributed by atoms with Crippen LogP contribution in [0.2, 0.25) is 0 Å². The molecule has 0 amide bonds. The molecule has 3 nitrogen and oxygen atoms in total. The maximum atomic E-state index is 11.7. The Kier molecular flexibility index (Phi) is 2.90. The lowest BCUT2D eigenvalue weighted by Gasteiger charge is -2.08. The van der Waals surface area contributed by atoms with Gasteiger partial charge in [-0.2, -0.15) is 0 Å². The fourth-order valence-electron chi connectivity index (χ4n) is 1.67. The van der Waals surface area contributed by atoms with E-state index >= 15 is 0 Å². The van der Waals surface area contributed by atoms with Crippen LogP contribution in [0.25, 0.3) is 11.1 Å². The molecule has 0 aromatic heterocycles. The van der Waals surface area contributed by atoms with Crippen molar-refractivity contribution in [1.29, 1.82) is 0 Å². The van der Waals surface area contributed by atoms with Gasteiger partial charge in [0.2, 0.25) is 0 Å². The Labute approximate surface area is 100 Å². The van der Waals surface area contributed by atoms with Crippen molar-refractivity contribution in [3.05, 3.63) is 48.5 Å². The average molecular weight is 248 g/mol. The van der Waals surface area contributed by atoms with Gasteiger partial charge in [0, 0.05) is 11.8 Å². The monoisotopic (exact) mass is 248 g/mol. The first-order valence-corrected chi connectivity index (χ1v) is 6.96. The van der Waals surface area contributed by atoms with Crippen LogP contribution in [0, 0.1) is 0 Å². The molecule has 0 radical (unpaired) electrons. The number of hydrogen-bond acceptors (Lipinski definition) is 3. The zero-order chi connectivity index (χ0) is 12.5. The summed E-state index contributed by atoms with van der Waals surface area (Å²) in [7, 11) is -3.36. The Bertz CT molecular complexity index is 631. The second-order valence-corrected chi connectivity index (χ2v) is 5.80. The first-order valence-electron chi connectivity index (χ1n) is 5.07. The Morgan fingerprint density at radius 2 is 1.65 bits per heavy atom. The molecule has 0 saturated carbocycles. The predicted molar refractivity (Wildman–Crippen MR) is 66.7 cm³/mol. The number of phenols is 1. The minimum atomic E-state index is -3.36. The molecule has 0 atom stereocenters. The molecule has 2 rings (SSSR count). The third kappa shape index (κ3) is 2.47. The van der Waals surface area contributed by atoms with Gasteiger partial charge < -0.3 is 5.11 Å². The van der Waals surface area contributed by atoms with Gasteiger partial charge in [-0.3, -0.25) is 0 Å². The molecule has 88 valence electrons. The molecule has 0 aliphatic rings. The van der Waals surface area contributed by atoms with E-state index in [0.29, 0.717) is 5.56 Å². The summed E-state index contributed by atoms with van der Waals surface area (Å²) < 4.78 is 23.3. The van der Waals surface area contributed by atoms with Crippen LogP contribution in [0.5, 0.6) is 5.75 Å². The molecule has 0 heterocycles. The zero-order valence-corrected chi connectivity index (χ0v) is 10.1. The molecule has 2 aromatic rings. The van der Waals surface area contributed by atoms with Crippen molar-refractivity contribution in [2.24, 2.45) is 0 Å². The van der Waals surface area contributed by atoms with Crippen LogP contribution in [0.15, 0.2) is 53.4 Å². The van der Waals surface area contributed by atoms with Gasteiger partial charge in [0.1, 0.15) is 5.75 Å². The zero-order valence-electron chi connectivity index (χ0n) is 9.29. The first-order chi connectivity index (χ1) is 7.98. The fourth-order valence-corrected chi connectivity index (χ4v) is 2.59. The molecule has 0 spiro atoms. The third-order valence-electron chi connectivity index (χ3n) is 2.45. The summed E-state index contributed by atoms with van der Waals surface area (Å²) in [5.74, 6) is -0.0508. The second-order valence-electron chi connectivity index (χ2n) is 3.82. The van der Waals surface area contributed by atoms with E-state index in [0.717, 1.165) is 11.8 Å². The highest BCUT2D eigenvalue weighted by molar-refractivity contribution is 7.90. The van der Waals surface area contributed by atoms with Gasteiger partial charge in [-0.15, -0.1) is 0 Å². The highest BCUT2D eigenvalue weighted by atomic mass is 32.2. The highest BCUT2D eigenvalue weighted by Crippen LogP contribution is 2.30.